The number of carbonyl (C=O) groups is 4. The van der Waals surface area contributed by atoms with Gasteiger partial charge in [-0.3, -0.25) is 37.3 Å². The molecule has 100 heavy (non-hydrogen) atoms. The zero-order valence-corrected chi connectivity index (χ0v) is 67.5. The molecule has 0 aliphatic carbocycles. The monoisotopic (exact) mass is 1470 g/mol. The Balaban J connectivity index is 5.21. The lowest BCUT2D eigenvalue weighted by Gasteiger charge is -2.21. The molecule has 0 saturated carbocycles. The molecule has 3 unspecified atom stereocenters. The van der Waals surface area contributed by atoms with Crippen LogP contribution in [-0.2, 0) is 65.4 Å². The van der Waals surface area contributed by atoms with Gasteiger partial charge in [0.1, 0.15) is 19.3 Å². The Hall–Kier alpha value is -1.94. The second-order valence-corrected chi connectivity index (χ2v) is 33.3. The number of ether oxygens (including phenoxy) is 4. The number of hydrogen-bond acceptors (Lipinski definition) is 15. The highest BCUT2D eigenvalue weighted by molar-refractivity contribution is 7.47. The van der Waals surface area contributed by atoms with Crippen LogP contribution in [0.3, 0.4) is 0 Å². The zero-order valence-electron chi connectivity index (χ0n) is 65.7. The number of carbonyl (C=O) groups excluding carboxylic acids is 4. The summed E-state index contributed by atoms with van der Waals surface area (Å²) in [6, 6.07) is 0. The number of rotatable bonds is 79. The van der Waals surface area contributed by atoms with Crippen molar-refractivity contribution in [2.24, 2.45) is 17.8 Å². The van der Waals surface area contributed by atoms with E-state index < -0.39 is 97.5 Å². The van der Waals surface area contributed by atoms with E-state index in [2.05, 4.69) is 48.5 Å². The third-order valence-corrected chi connectivity index (χ3v) is 21.1. The maximum absolute atomic E-state index is 13.1. The van der Waals surface area contributed by atoms with Crippen LogP contribution < -0.4 is 0 Å². The summed E-state index contributed by atoms with van der Waals surface area (Å²) < 4.78 is 68.7. The average Bonchev–Trinajstić information content (AvgIpc) is 1.01. The van der Waals surface area contributed by atoms with Crippen LogP contribution in [-0.4, -0.2) is 96.7 Å². The van der Waals surface area contributed by atoms with Crippen molar-refractivity contribution in [2.75, 3.05) is 39.6 Å². The summed E-state index contributed by atoms with van der Waals surface area (Å²) in [6.45, 7) is 11.9. The molecule has 0 fully saturated rings. The van der Waals surface area contributed by atoms with E-state index in [1.165, 1.54) is 225 Å². The molecule has 0 aromatic rings. The fraction of sp³-hybridized carbons (Fsp3) is 0.951. The van der Waals surface area contributed by atoms with Gasteiger partial charge in [-0.2, -0.15) is 0 Å². The van der Waals surface area contributed by atoms with Crippen molar-refractivity contribution in [3.8, 4) is 0 Å². The predicted octanol–water partition coefficient (Wildman–Crippen LogP) is 24.1. The zero-order chi connectivity index (χ0) is 73.7. The van der Waals surface area contributed by atoms with Gasteiger partial charge in [0.05, 0.1) is 26.4 Å². The Morgan fingerprint density at radius 1 is 0.290 bits per heavy atom. The average molecular weight is 1470 g/mol. The molecule has 0 aliphatic rings. The van der Waals surface area contributed by atoms with Crippen LogP contribution >= 0.6 is 15.6 Å². The molecule has 0 spiro atoms. The van der Waals surface area contributed by atoms with E-state index >= 15 is 0 Å². The summed E-state index contributed by atoms with van der Waals surface area (Å²) in [4.78, 5) is 73.0. The summed E-state index contributed by atoms with van der Waals surface area (Å²) in [5, 5.41) is 10.6. The van der Waals surface area contributed by atoms with Crippen LogP contribution in [0.5, 0.6) is 0 Å². The maximum Gasteiger partial charge on any atom is 0.472 e. The van der Waals surface area contributed by atoms with Gasteiger partial charge in [0.25, 0.3) is 0 Å². The first kappa shape index (κ1) is 98.1. The minimum atomic E-state index is -4.96. The second kappa shape index (κ2) is 71.3. The number of phosphoric acid groups is 2. The second-order valence-electron chi connectivity index (χ2n) is 30.4. The number of unbranched alkanes of at least 4 members (excludes halogenated alkanes) is 46. The Bertz CT molecular complexity index is 1940. The molecule has 0 bridgehead atoms. The highest BCUT2D eigenvalue weighted by atomic mass is 31.2. The molecule has 17 nitrogen and oxygen atoms in total. The Labute approximate surface area is 613 Å². The quantitative estimate of drug-likeness (QED) is 0.0222. The van der Waals surface area contributed by atoms with Crippen molar-refractivity contribution < 1.29 is 80.2 Å². The van der Waals surface area contributed by atoms with E-state index in [0.717, 1.165) is 114 Å². The Kier molecular flexibility index (Phi) is 69.9. The molecule has 0 saturated heterocycles. The van der Waals surface area contributed by atoms with Crippen molar-refractivity contribution in [3.63, 3.8) is 0 Å². The summed E-state index contributed by atoms with van der Waals surface area (Å²) in [6.07, 6.45) is 59.8. The minimum absolute atomic E-state index is 0.105. The smallest absolute Gasteiger partial charge is 0.462 e. The van der Waals surface area contributed by atoms with Gasteiger partial charge in [-0.05, 0) is 43.4 Å². The van der Waals surface area contributed by atoms with E-state index in [-0.39, 0.29) is 25.7 Å². The van der Waals surface area contributed by atoms with E-state index in [0.29, 0.717) is 25.7 Å². The fourth-order valence-electron chi connectivity index (χ4n) is 12.5. The van der Waals surface area contributed by atoms with Crippen LogP contribution in [0.25, 0.3) is 0 Å². The lowest BCUT2D eigenvalue weighted by Crippen LogP contribution is -2.30. The standard InChI is InChI=1S/C81H158O17P2/c1-8-10-11-12-13-14-15-16-17-18-19-20-21-22-23-24-25-30-36-41-50-57-64-80(85)97-76(68-91-78(83)62-55-48-40-35-31-26-28-33-38-45-52-59-72(3)4)70-95-99(87,88)93-66-75(82)67-94-100(89,90)96-71-77(69-92-79(84)63-56-49-44-43-47-54-61-74(7)9-2)98-81(86)65-58-51-42-37-32-27-29-34-39-46-53-60-73(5)6/h72-77,82H,8-71H2,1-7H3,(H,87,88)(H,89,90)/t74?,75-,76-,77-/m1/s1. The largest absolute Gasteiger partial charge is 0.472 e. The molecule has 0 radical (unpaired) electrons. The third kappa shape index (κ3) is 73.0. The summed E-state index contributed by atoms with van der Waals surface area (Å²) >= 11 is 0. The van der Waals surface area contributed by atoms with E-state index in [1.54, 1.807) is 0 Å². The van der Waals surface area contributed by atoms with Crippen molar-refractivity contribution in [1.29, 1.82) is 0 Å². The van der Waals surface area contributed by atoms with Crippen molar-refractivity contribution in [3.05, 3.63) is 0 Å². The Morgan fingerprint density at radius 2 is 0.510 bits per heavy atom. The molecule has 0 heterocycles. The molecule has 594 valence electrons. The molecule has 0 amide bonds. The van der Waals surface area contributed by atoms with E-state index in [9.17, 15) is 43.2 Å². The third-order valence-electron chi connectivity index (χ3n) is 19.2. The Morgan fingerprint density at radius 3 is 0.760 bits per heavy atom. The van der Waals surface area contributed by atoms with Gasteiger partial charge < -0.3 is 33.8 Å². The van der Waals surface area contributed by atoms with Gasteiger partial charge in [-0.1, -0.05) is 370 Å². The molecule has 0 rings (SSSR count). The number of aliphatic hydroxyl groups excluding tert-OH is 1. The lowest BCUT2D eigenvalue weighted by molar-refractivity contribution is -0.161. The molecule has 0 aliphatic heterocycles. The summed E-state index contributed by atoms with van der Waals surface area (Å²) in [5.74, 6) is 0.153. The number of aliphatic hydroxyl groups is 1. The fourth-order valence-corrected chi connectivity index (χ4v) is 14.0. The molecule has 3 N–H and O–H groups in total. The predicted molar refractivity (Wildman–Crippen MR) is 409 cm³/mol. The topological polar surface area (TPSA) is 237 Å². The number of phosphoric ester groups is 2. The van der Waals surface area contributed by atoms with Crippen LogP contribution in [0.1, 0.15) is 421 Å². The molecule has 0 aromatic heterocycles. The van der Waals surface area contributed by atoms with E-state index in [1.807, 2.05) is 0 Å². The molecule has 0 aromatic carbocycles. The molecule has 19 heteroatoms. The summed E-state index contributed by atoms with van der Waals surface area (Å²) in [7, 11) is -9.92. The molecular weight excluding hydrogens is 1310 g/mol. The van der Waals surface area contributed by atoms with Gasteiger partial charge >= 0.3 is 39.5 Å². The van der Waals surface area contributed by atoms with Crippen molar-refractivity contribution >= 4 is 39.5 Å². The highest BCUT2D eigenvalue weighted by Crippen LogP contribution is 2.45. The van der Waals surface area contributed by atoms with E-state index in [4.69, 9.17) is 37.0 Å². The maximum atomic E-state index is 13.1. The summed E-state index contributed by atoms with van der Waals surface area (Å²) in [5.41, 5.74) is 0. The minimum Gasteiger partial charge on any atom is -0.462 e. The SMILES string of the molecule is CCCCCCCCCCCCCCCCCCCCCCCCC(=O)O[C@H](COC(=O)CCCCCCCCCCCCCC(C)C)COP(=O)(O)OC[C@@H](O)COP(=O)(O)OC[C@@H](COC(=O)CCCCCCCCC(C)CC)OC(=O)CCCCCCCCCCCCCC(C)C. The first-order valence-corrected chi connectivity index (χ1v) is 44.9. The highest BCUT2D eigenvalue weighted by Gasteiger charge is 2.30. The van der Waals surface area contributed by atoms with Crippen LogP contribution in [0.15, 0.2) is 0 Å². The van der Waals surface area contributed by atoms with Gasteiger partial charge in [-0.25, -0.2) is 9.13 Å². The van der Waals surface area contributed by atoms with Crippen molar-refractivity contribution in [2.45, 2.75) is 439 Å². The van der Waals surface area contributed by atoms with Gasteiger partial charge in [0, 0.05) is 25.7 Å². The molecule has 6 atom stereocenters. The first-order chi connectivity index (χ1) is 48.3. The van der Waals surface area contributed by atoms with Crippen molar-refractivity contribution in [1.82, 2.24) is 0 Å². The van der Waals surface area contributed by atoms with Gasteiger partial charge in [-0.15, -0.1) is 0 Å². The molecular formula is C81H158O17P2. The van der Waals surface area contributed by atoms with Crippen LogP contribution in [0.4, 0.5) is 0 Å². The van der Waals surface area contributed by atoms with Gasteiger partial charge in [0.2, 0.25) is 0 Å². The lowest BCUT2D eigenvalue weighted by atomic mass is 10.00. The number of hydrogen-bond donors (Lipinski definition) is 3. The van der Waals surface area contributed by atoms with Crippen LogP contribution in [0.2, 0.25) is 0 Å². The number of esters is 4. The van der Waals surface area contributed by atoms with Crippen LogP contribution in [0, 0.1) is 17.8 Å². The van der Waals surface area contributed by atoms with Gasteiger partial charge in [0.15, 0.2) is 12.2 Å². The normalized spacial score (nSPS) is 14.2. The first-order valence-electron chi connectivity index (χ1n) is 41.9.